The Hall–Kier alpha value is -2.61. The average molecular weight is 349 g/mol. The van der Waals surface area contributed by atoms with E-state index in [1.165, 1.54) is 0 Å². The lowest BCUT2D eigenvalue weighted by atomic mass is 10.3. The molecule has 0 bridgehead atoms. The first kappa shape index (κ1) is 16.3. The molecule has 3 aromatic rings. The molecule has 0 saturated heterocycles. The van der Waals surface area contributed by atoms with E-state index in [1.54, 1.807) is 31.4 Å². The zero-order valence-corrected chi connectivity index (χ0v) is 13.4. The summed E-state index contributed by atoms with van der Waals surface area (Å²) in [4.78, 5) is 18.9. The fraction of sp³-hybridized carbons (Fsp3) is 0.125. The molecule has 0 aliphatic rings. The van der Waals surface area contributed by atoms with Crippen LogP contribution < -0.4 is 10.1 Å². The quantitative estimate of drug-likeness (QED) is 0.691. The molecular weight excluding hydrogens is 336 g/mol. The molecule has 0 aliphatic carbocycles. The van der Waals surface area contributed by atoms with E-state index in [0.29, 0.717) is 27.6 Å². The summed E-state index contributed by atoms with van der Waals surface area (Å²) in [7, 11) is 1.56. The third-order valence-corrected chi connectivity index (χ3v) is 4.09. The maximum Gasteiger partial charge on any atom is 0.234 e. The summed E-state index contributed by atoms with van der Waals surface area (Å²) in [6.07, 6.45) is 0. The van der Waals surface area contributed by atoms with Gasteiger partial charge in [0.05, 0.1) is 23.9 Å². The predicted molar refractivity (Wildman–Crippen MR) is 88.4 cm³/mol. The first-order valence-corrected chi connectivity index (χ1v) is 7.95. The van der Waals surface area contributed by atoms with Crippen molar-refractivity contribution in [3.63, 3.8) is 0 Å². The van der Waals surface area contributed by atoms with Crippen molar-refractivity contribution in [2.24, 2.45) is 0 Å². The standard InChI is InChI=1S/C16H13F2N3O2S/c1-23-10-4-2-9(3-5-10)19-15(22)8-24-16-20-13-6-11(17)12(18)7-14(13)21-16/h2-7H,8H2,1H3,(H,19,22)(H,20,21). The number of thioether (sulfide) groups is 1. The van der Waals surface area contributed by atoms with E-state index in [9.17, 15) is 13.6 Å². The van der Waals surface area contributed by atoms with Gasteiger partial charge in [-0.2, -0.15) is 0 Å². The number of aromatic nitrogens is 2. The SMILES string of the molecule is COc1ccc(NC(=O)CSc2nc3cc(F)c(F)cc3[nH]2)cc1. The highest BCUT2D eigenvalue weighted by Crippen LogP contribution is 2.22. The third-order valence-electron chi connectivity index (χ3n) is 3.22. The molecule has 1 heterocycles. The number of fused-ring (bicyclic) bond motifs is 1. The van der Waals surface area contributed by atoms with Crippen molar-refractivity contribution in [1.29, 1.82) is 0 Å². The second-order valence-corrected chi connectivity index (χ2v) is 5.85. The van der Waals surface area contributed by atoms with Gasteiger partial charge in [-0.3, -0.25) is 4.79 Å². The van der Waals surface area contributed by atoms with Gasteiger partial charge in [0.25, 0.3) is 0 Å². The second-order valence-electron chi connectivity index (χ2n) is 4.89. The monoisotopic (exact) mass is 349 g/mol. The molecule has 0 spiro atoms. The van der Waals surface area contributed by atoms with Gasteiger partial charge in [0.15, 0.2) is 16.8 Å². The van der Waals surface area contributed by atoms with Crippen LogP contribution >= 0.6 is 11.8 Å². The number of carbonyl (C=O) groups is 1. The van der Waals surface area contributed by atoms with Gasteiger partial charge in [-0.15, -0.1) is 0 Å². The Kier molecular flexibility index (Phi) is 4.66. The van der Waals surface area contributed by atoms with E-state index < -0.39 is 11.6 Å². The van der Waals surface area contributed by atoms with Crippen LogP contribution in [0.1, 0.15) is 0 Å². The lowest BCUT2D eigenvalue weighted by Crippen LogP contribution is -2.13. The number of amides is 1. The lowest BCUT2D eigenvalue weighted by Gasteiger charge is -2.05. The molecular formula is C16H13F2N3O2S. The van der Waals surface area contributed by atoms with Crippen molar-refractivity contribution < 1.29 is 18.3 Å². The number of carbonyl (C=O) groups excluding carboxylic acids is 1. The second kappa shape index (κ2) is 6.88. The van der Waals surface area contributed by atoms with Crippen molar-refractivity contribution in [3.05, 3.63) is 48.0 Å². The van der Waals surface area contributed by atoms with E-state index in [2.05, 4.69) is 15.3 Å². The average Bonchev–Trinajstić information content (AvgIpc) is 2.96. The number of aromatic amines is 1. The van der Waals surface area contributed by atoms with E-state index in [-0.39, 0.29) is 11.7 Å². The Morgan fingerprint density at radius 1 is 1.25 bits per heavy atom. The topological polar surface area (TPSA) is 67.0 Å². The number of methoxy groups -OCH3 is 1. The summed E-state index contributed by atoms with van der Waals surface area (Å²) < 4.78 is 31.4. The zero-order chi connectivity index (χ0) is 17.1. The van der Waals surface area contributed by atoms with Crippen LogP contribution in [0.2, 0.25) is 0 Å². The first-order valence-electron chi connectivity index (χ1n) is 6.96. The first-order chi connectivity index (χ1) is 11.5. The van der Waals surface area contributed by atoms with Crippen LogP contribution in [0, 0.1) is 11.6 Å². The molecule has 3 rings (SSSR count). The Bertz CT molecular complexity index is 842. The van der Waals surface area contributed by atoms with Crippen LogP contribution in [0.3, 0.4) is 0 Å². The fourth-order valence-electron chi connectivity index (χ4n) is 2.06. The molecule has 124 valence electrons. The molecule has 0 saturated carbocycles. The van der Waals surface area contributed by atoms with Gasteiger partial charge in [-0.05, 0) is 24.3 Å². The molecule has 24 heavy (non-hydrogen) atoms. The highest BCUT2D eigenvalue weighted by molar-refractivity contribution is 7.99. The Balaban J connectivity index is 1.61. The fourth-order valence-corrected chi connectivity index (χ4v) is 2.74. The van der Waals surface area contributed by atoms with Crippen molar-refractivity contribution in [2.45, 2.75) is 5.16 Å². The number of halogens is 2. The van der Waals surface area contributed by atoms with Gasteiger partial charge in [0.1, 0.15) is 5.75 Å². The molecule has 1 aromatic heterocycles. The van der Waals surface area contributed by atoms with Crippen molar-refractivity contribution >= 4 is 34.4 Å². The van der Waals surface area contributed by atoms with Gasteiger partial charge in [-0.1, -0.05) is 11.8 Å². The number of nitrogens with one attached hydrogen (secondary N) is 2. The number of hydrogen-bond acceptors (Lipinski definition) is 4. The minimum atomic E-state index is -0.956. The van der Waals surface area contributed by atoms with Crippen LogP contribution in [0.4, 0.5) is 14.5 Å². The molecule has 0 aliphatic heterocycles. The van der Waals surface area contributed by atoms with Crippen LogP contribution in [-0.4, -0.2) is 28.7 Å². The molecule has 0 radical (unpaired) electrons. The van der Waals surface area contributed by atoms with Crippen LogP contribution in [-0.2, 0) is 4.79 Å². The molecule has 0 fully saturated rings. The number of hydrogen-bond donors (Lipinski definition) is 2. The summed E-state index contributed by atoms with van der Waals surface area (Å²) in [5, 5.41) is 3.16. The Morgan fingerprint density at radius 2 is 1.96 bits per heavy atom. The van der Waals surface area contributed by atoms with Gasteiger partial charge in [0, 0.05) is 17.8 Å². The highest BCUT2D eigenvalue weighted by Gasteiger charge is 2.10. The molecule has 2 aromatic carbocycles. The van der Waals surface area contributed by atoms with Crippen LogP contribution in [0.15, 0.2) is 41.6 Å². The molecule has 0 atom stereocenters. The normalized spacial score (nSPS) is 10.8. The number of anilines is 1. The van der Waals surface area contributed by atoms with E-state index in [1.807, 2.05) is 0 Å². The molecule has 8 heteroatoms. The maximum atomic E-state index is 13.2. The highest BCUT2D eigenvalue weighted by atomic mass is 32.2. The smallest absolute Gasteiger partial charge is 0.234 e. The van der Waals surface area contributed by atoms with Crippen LogP contribution in [0.25, 0.3) is 11.0 Å². The molecule has 5 nitrogen and oxygen atoms in total. The number of benzene rings is 2. The summed E-state index contributed by atoms with van der Waals surface area (Å²) in [6.45, 7) is 0. The van der Waals surface area contributed by atoms with Gasteiger partial charge in [0.2, 0.25) is 5.91 Å². The van der Waals surface area contributed by atoms with Gasteiger partial charge >= 0.3 is 0 Å². The summed E-state index contributed by atoms with van der Waals surface area (Å²) in [5.41, 5.74) is 1.34. The van der Waals surface area contributed by atoms with E-state index in [4.69, 9.17) is 4.74 Å². The van der Waals surface area contributed by atoms with Gasteiger partial charge < -0.3 is 15.0 Å². The largest absolute Gasteiger partial charge is 0.497 e. The minimum absolute atomic E-state index is 0.108. The van der Waals surface area contributed by atoms with Crippen LogP contribution in [0.5, 0.6) is 5.75 Å². The van der Waals surface area contributed by atoms with E-state index in [0.717, 1.165) is 23.9 Å². The molecule has 0 unspecified atom stereocenters. The van der Waals surface area contributed by atoms with Gasteiger partial charge in [-0.25, -0.2) is 13.8 Å². The summed E-state index contributed by atoms with van der Waals surface area (Å²) >= 11 is 1.14. The Labute approximate surface area is 140 Å². The number of imidazole rings is 1. The number of rotatable bonds is 5. The van der Waals surface area contributed by atoms with Crippen molar-refractivity contribution in [3.8, 4) is 5.75 Å². The van der Waals surface area contributed by atoms with Crippen molar-refractivity contribution in [2.75, 3.05) is 18.2 Å². The molecule has 1 amide bonds. The van der Waals surface area contributed by atoms with Crippen molar-refractivity contribution in [1.82, 2.24) is 9.97 Å². The molecule has 2 N–H and O–H groups in total. The number of H-pyrrole nitrogens is 1. The Morgan fingerprint density at radius 3 is 2.67 bits per heavy atom. The predicted octanol–water partition coefficient (Wildman–Crippen LogP) is 3.58. The summed E-state index contributed by atoms with van der Waals surface area (Å²) in [6, 6.07) is 9.00. The number of nitrogens with zero attached hydrogens (tertiary/aromatic N) is 1. The summed E-state index contributed by atoms with van der Waals surface area (Å²) in [5.74, 6) is -1.31. The van der Waals surface area contributed by atoms with E-state index >= 15 is 0 Å². The minimum Gasteiger partial charge on any atom is -0.497 e. The maximum absolute atomic E-state index is 13.2. The third kappa shape index (κ3) is 3.65. The zero-order valence-electron chi connectivity index (χ0n) is 12.6. The lowest BCUT2D eigenvalue weighted by molar-refractivity contribution is -0.113. The number of ether oxygens (including phenoxy) is 1.